The standard InChI is InChI=1S/C11H13IN2O/c1-7-2-3-9(6-10(7)12)14-11(15)13-8-4-5-8/h2-3,6,8H,4-5H2,1H3,(H2,13,14,15). The maximum Gasteiger partial charge on any atom is 0.319 e. The molecule has 1 aliphatic rings. The van der Waals surface area contributed by atoms with Gasteiger partial charge >= 0.3 is 6.03 Å². The summed E-state index contributed by atoms with van der Waals surface area (Å²) in [6.45, 7) is 2.05. The molecule has 0 atom stereocenters. The van der Waals surface area contributed by atoms with Crippen molar-refractivity contribution in [1.82, 2.24) is 5.32 Å². The molecule has 0 radical (unpaired) electrons. The van der Waals surface area contributed by atoms with Crippen molar-refractivity contribution < 1.29 is 4.79 Å². The summed E-state index contributed by atoms with van der Waals surface area (Å²) in [7, 11) is 0. The van der Waals surface area contributed by atoms with Crippen LogP contribution in [-0.4, -0.2) is 12.1 Å². The van der Waals surface area contributed by atoms with E-state index in [2.05, 4.69) is 40.1 Å². The Hall–Kier alpha value is -0.780. The first-order valence-corrected chi connectivity index (χ1v) is 6.07. The van der Waals surface area contributed by atoms with Crippen molar-refractivity contribution in [3.8, 4) is 0 Å². The van der Waals surface area contributed by atoms with Crippen LogP contribution in [0.1, 0.15) is 18.4 Å². The number of hydrogen-bond donors (Lipinski definition) is 2. The third kappa shape index (κ3) is 3.09. The van der Waals surface area contributed by atoms with E-state index in [1.807, 2.05) is 18.2 Å². The Balaban J connectivity index is 1.97. The Morgan fingerprint density at radius 3 is 2.80 bits per heavy atom. The number of carbonyl (C=O) groups is 1. The first kappa shape index (κ1) is 10.7. The molecule has 2 rings (SSSR count). The normalized spacial score (nSPS) is 14.8. The van der Waals surface area contributed by atoms with E-state index in [4.69, 9.17) is 0 Å². The van der Waals surface area contributed by atoms with Gasteiger partial charge < -0.3 is 10.6 Å². The highest BCUT2D eigenvalue weighted by Crippen LogP contribution is 2.20. The van der Waals surface area contributed by atoms with Crippen molar-refractivity contribution in [1.29, 1.82) is 0 Å². The Bertz CT molecular complexity index is 388. The fourth-order valence-electron chi connectivity index (χ4n) is 1.25. The third-order valence-corrected chi connectivity index (χ3v) is 3.50. The molecule has 0 aromatic heterocycles. The molecule has 0 saturated heterocycles. The van der Waals surface area contributed by atoms with Crippen molar-refractivity contribution in [2.24, 2.45) is 0 Å². The highest BCUT2D eigenvalue weighted by Gasteiger charge is 2.23. The van der Waals surface area contributed by atoms with E-state index in [0.717, 1.165) is 22.1 Å². The number of halogens is 1. The number of anilines is 1. The number of nitrogens with one attached hydrogen (secondary N) is 2. The molecule has 3 nitrogen and oxygen atoms in total. The summed E-state index contributed by atoms with van der Waals surface area (Å²) in [6, 6.07) is 6.20. The molecule has 0 unspecified atom stereocenters. The van der Waals surface area contributed by atoms with Gasteiger partial charge in [-0.05, 0) is 60.1 Å². The summed E-state index contributed by atoms with van der Waals surface area (Å²) in [5.41, 5.74) is 2.08. The molecule has 1 saturated carbocycles. The summed E-state index contributed by atoms with van der Waals surface area (Å²) in [4.78, 5) is 11.4. The summed E-state index contributed by atoms with van der Waals surface area (Å²) >= 11 is 2.26. The molecule has 2 amide bonds. The van der Waals surface area contributed by atoms with E-state index >= 15 is 0 Å². The lowest BCUT2D eigenvalue weighted by molar-refractivity contribution is 0.251. The van der Waals surface area contributed by atoms with Gasteiger partial charge in [-0.15, -0.1) is 0 Å². The van der Waals surface area contributed by atoms with E-state index in [1.54, 1.807) is 0 Å². The highest BCUT2D eigenvalue weighted by atomic mass is 127. The van der Waals surface area contributed by atoms with Crippen molar-refractivity contribution >= 4 is 34.3 Å². The first-order chi connectivity index (χ1) is 7.15. The zero-order valence-corrected chi connectivity index (χ0v) is 10.7. The molecule has 1 aromatic rings. The van der Waals surface area contributed by atoms with Crippen LogP contribution in [0.15, 0.2) is 18.2 Å². The van der Waals surface area contributed by atoms with Crippen LogP contribution in [0.5, 0.6) is 0 Å². The number of benzene rings is 1. The minimum absolute atomic E-state index is 0.0999. The third-order valence-electron chi connectivity index (χ3n) is 2.34. The summed E-state index contributed by atoms with van der Waals surface area (Å²) in [5, 5.41) is 5.71. The van der Waals surface area contributed by atoms with Crippen LogP contribution in [0.3, 0.4) is 0 Å². The average Bonchev–Trinajstić information content (AvgIpc) is 2.95. The molecule has 0 heterocycles. The zero-order valence-electron chi connectivity index (χ0n) is 8.51. The van der Waals surface area contributed by atoms with Gasteiger partial charge in [-0.1, -0.05) is 6.07 Å². The number of rotatable bonds is 2. The van der Waals surface area contributed by atoms with Crippen LogP contribution in [0.25, 0.3) is 0 Å². The highest BCUT2D eigenvalue weighted by molar-refractivity contribution is 14.1. The number of aryl methyl sites for hydroxylation is 1. The van der Waals surface area contributed by atoms with Crippen LogP contribution in [0.4, 0.5) is 10.5 Å². The first-order valence-electron chi connectivity index (χ1n) is 4.99. The van der Waals surface area contributed by atoms with E-state index in [-0.39, 0.29) is 6.03 Å². The lowest BCUT2D eigenvalue weighted by atomic mass is 10.2. The van der Waals surface area contributed by atoms with E-state index in [0.29, 0.717) is 6.04 Å². The van der Waals surface area contributed by atoms with Gasteiger partial charge in [0.25, 0.3) is 0 Å². The van der Waals surface area contributed by atoms with Gasteiger partial charge in [0.15, 0.2) is 0 Å². The molecule has 1 fully saturated rings. The second kappa shape index (κ2) is 4.38. The van der Waals surface area contributed by atoms with Crippen molar-refractivity contribution in [2.45, 2.75) is 25.8 Å². The number of amides is 2. The van der Waals surface area contributed by atoms with Crippen molar-refractivity contribution in [3.63, 3.8) is 0 Å². The maximum atomic E-state index is 11.4. The van der Waals surface area contributed by atoms with E-state index in [9.17, 15) is 4.79 Å². The molecule has 15 heavy (non-hydrogen) atoms. The molecule has 2 N–H and O–H groups in total. The number of urea groups is 1. The van der Waals surface area contributed by atoms with Crippen LogP contribution in [-0.2, 0) is 0 Å². The molecule has 0 spiro atoms. The van der Waals surface area contributed by atoms with E-state index < -0.39 is 0 Å². The predicted molar refractivity (Wildman–Crippen MR) is 69.1 cm³/mol. The Kier molecular flexibility index (Phi) is 3.14. The molecule has 1 aliphatic carbocycles. The fraction of sp³-hybridized carbons (Fsp3) is 0.364. The predicted octanol–water partition coefficient (Wildman–Crippen LogP) is 2.88. The minimum Gasteiger partial charge on any atom is -0.335 e. The number of carbonyl (C=O) groups excluding carboxylic acids is 1. The molecule has 1 aromatic carbocycles. The topological polar surface area (TPSA) is 41.1 Å². The van der Waals surface area contributed by atoms with Crippen LogP contribution in [0.2, 0.25) is 0 Å². The number of hydrogen-bond acceptors (Lipinski definition) is 1. The molecule has 0 bridgehead atoms. The quantitative estimate of drug-likeness (QED) is 0.810. The SMILES string of the molecule is Cc1ccc(NC(=O)NC2CC2)cc1I. The summed E-state index contributed by atoms with van der Waals surface area (Å²) in [6.07, 6.45) is 2.22. The summed E-state index contributed by atoms with van der Waals surface area (Å²) < 4.78 is 1.16. The van der Waals surface area contributed by atoms with Gasteiger partial charge in [-0.2, -0.15) is 0 Å². The van der Waals surface area contributed by atoms with Crippen molar-refractivity contribution in [3.05, 3.63) is 27.3 Å². The van der Waals surface area contributed by atoms with Gasteiger partial charge in [-0.25, -0.2) is 4.79 Å². The fourth-order valence-corrected chi connectivity index (χ4v) is 1.77. The van der Waals surface area contributed by atoms with Gasteiger partial charge in [0.2, 0.25) is 0 Å². The largest absolute Gasteiger partial charge is 0.335 e. The van der Waals surface area contributed by atoms with Gasteiger partial charge in [0, 0.05) is 15.3 Å². The molecule has 4 heteroatoms. The molecule has 80 valence electrons. The lowest BCUT2D eigenvalue weighted by Crippen LogP contribution is -2.30. The average molecular weight is 316 g/mol. The summed E-state index contributed by atoms with van der Waals surface area (Å²) in [5.74, 6) is 0. The second-order valence-electron chi connectivity index (χ2n) is 3.84. The van der Waals surface area contributed by atoms with Crippen LogP contribution >= 0.6 is 22.6 Å². The smallest absolute Gasteiger partial charge is 0.319 e. The molecular weight excluding hydrogens is 303 g/mol. The maximum absolute atomic E-state index is 11.4. The van der Waals surface area contributed by atoms with Crippen LogP contribution in [0, 0.1) is 10.5 Å². The second-order valence-corrected chi connectivity index (χ2v) is 5.00. The lowest BCUT2D eigenvalue weighted by Gasteiger charge is -2.07. The van der Waals surface area contributed by atoms with Crippen LogP contribution < -0.4 is 10.6 Å². The van der Waals surface area contributed by atoms with Crippen molar-refractivity contribution in [2.75, 3.05) is 5.32 Å². The molecular formula is C11H13IN2O. The Labute approximate surface area is 103 Å². The van der Waals surface area contributed by atoms with Gasteiger partial charge in [-0.3, -0.25) is 0 Å². The molecule has 0 aliphatic heterocycles. The van der Waals surface area contributed by atoms with E-state index in [1.165, 1.54) is 5.56 Å². The Morgan fingerprint density at radius 1 is 1.47 bits per heavy atom. The monoisotopic (exact) mass is 316 g/mol. The zero-order chi connectivity index (χ0) is 10.8. The van der Waals surface area contributed by atoms with Gasteiger partial charge in [0.05, 0.1) is 0 Å². The van der Waals surface area contributed by atoms with Gasteiger partial charge in [0.1, 0.15) is 0 Å². The Morgan fingerprint density at radius 2 is 2.20 bits per heavy atom. The minimum atomic E-state index is -0.0999.